The Bertz CT molecular complexity index is 830. The maximum absolute atomic E-state index is 12.8. The van der Waals surface area contributed by atoms with E-state index in [2.05, 4.69) is 68.5 Å². The lowest BCUT2D eigenvalue weighted by Crippen LogP contribution is -2.34. The van der Waals surface area contributed by atoms with Crippen molar-refractivity contribution in [1.82, 2.24) is 0 Å². The van der Waals surface area contributed by atoms with Crippen LogP contribution in [0.1, 0.15) is 188 Å². The van der Waals surface area contributed by atoms with Crippen LogP contribution in [-0.4, -0.2) is 39.0 Å². The summed E-state index contributed by atoms with van der Waals surface area (Å²) in [7, 11) is 0. The fraction of sp³-hybridized carbons (Fsp3) is 0.778. The highest BCUT2D eigenvalue weighted by Gasteiger charge is 2.40. The van der Waals surface area contributed by atoms with Crippen LogP contribution in [0.4, 0.5) is 0 Å². The minimum atomic E-state index is -1.20. The van der Waals surface area contributed by atoms with Gasteiger partial charge in [-0.05, 0) is 84.0 Å². The Hall–Kier alpha value is -2.16. The van der Waals surface area contributed by atoms with E-state index < -0.39 is 11.4 Å². The third-order valence-corrected chi connectivity index (χ3v) is 9.21. The number of carbonyl (C=O) groups excluding carboxylic acids is 1. The molecule has 0 unspecified atom stereocenters. The van der Waals surface area contributed by atoms with Crippen LogP contribution in [0, 0.1) is 16.7 Å². The van der Waals surface area contributed by atoms with Crippen LogP contribution in [0.15, 0.2) is 48.6 Å². The molecule has 0 rings (SSSR count). The highest BCUT2D eigenvalue weighted by molar-refractivity contribution is 5.80. The lowest BCUT2D eigenvalue weighted by atomic mass is 9.83. The molecular weight excluding hydrogens is 618 g/mol. The Kier molecular flexibility index (Phi) is 37.9. The van der Waals surface area contributed by atoms with Crippen molar-refractivity contribution in [3.05, 3.63) is 48.6 Å². The van der Waals surface area contributed by atoms with Crippen LogP contribution < -0.4 is 0 Å². The summed E-state index contributed by atoms with van der Waals surface area (Å²) in [5.41, 5.74) is -1.20. The highest BCUT2D eigenvalue weighted by atomic mass is 16.5. The van der Waals surface area contributed by atoms with Crippen LogP contribution >= 0.6 is 0 Å². The zero-order valence-electron chi connectivity index (χ0n) is 33.1. The second-order valence-corrected chi connectivity index (χ2v) is 13.8. The van der Waals surface area contributed by atoms with Crippen LogP contribution in [0.5, 0.6) is 0 Å². The first-order chi connectivity index (χ1) is 24.7. The van der Waals surface area contributed by atoms with E-state index in [-0.39, 0.29) is 6.61 Å². The summed E-state index contributed by atoms with van der Waals surface area (Å²) < 4.78 is 17.0. The van der Waals surface area contributed by atoms with Gasteiger partial charge in [-0.1, -0.05) is 140 Å². The Balaban J connectivity index is 3.90. The molecule has 5 heteroatoms. The quantitative estimate of drug-likeness (QED) is 0.0365. The molecule has 0 spiro atoms. The molecule has 50 heavy (non-hydrogen) atoms. The lowest BCUT2D eigenvalue weighted by Gasteiger charge is -2.24. The third kappa shape index (κ3) is 31.8. The molecular formula is C45H79NO4. The zero-order valence-corrected chi connectivity index (χ0v) is 33.1. The summed E-state index contributed by atoms with van der Waals surface area (Å²) in [6.07, 6.45) is 48.3. The first kappa shape index (κ1) is 47.8. The molecule has 5 nitrogen and oxygen atoms in total. The van der Waals surface area contributed by atoms with Crippen molar-refractivity contribution in [1.29, 1.82) is 5.26 Å². The molecule has 0 aromatic heterocycles. The van der Waals surface area contributed by atoms with E-state index in [0.29, 0.717) is 39.3 Å². The van der Waals surface area contributed by atoms with E-state index in [4.69, 9.17) is 14.2 Å². The molecule has 0 heterocycles. The molecule has 0 bridgehead atoms. The molecule has 0 saturated heterocycles. The molecule has 0 fully saturated rings. The fourth-order valence-corrected chi connectivity index (χ4v) is 5.84. The Morgan fingerprint density at radius 2 is 0.860 bits per heavy atom. The van der Waals surface area contributed by atoms with Gasteiger partial charge in [-0.3, -0.25) is 4.79 Å². The van der Waals surface area contributed by atoms with Gasteiger partial charge in [0.2, 0.25) is 0 Å². The fourth-order valence-electron chi connectivity index (χ4n) is 5.84. The number of esters is 1. The molecule has 0 aliphatic carbocycles. The molecule has 0 aliphatic heterocycles. The topological polar surface area (TPSA) is 68.5 Å². The van der Waals surface area contributed by atoms with Crippen LogP contribution in [-0.2, 0) is 19.0 Å². The second kappa shape index (κ2) is 39.6. The normalized spacial score (nSPS) is 12.3. The van der Waals surface area contributed by atoms with E-state index in [9.17, 15) is 10.1 Å². The predicted molar refractivity (Wildman–Crippen MR) is 214 cm³/mol. The lowest BCUT2D eigenvalue weighted by molar-refractivity contribution is -0.154. The van der Waals surface area contributed by atoms with E-state index in [1.54, 1.807) is 6.92 Å². The zero-order chi connectivity index (χ0) is 36.5. The van der Waals surface area contributed by atoms with Gasteiger partial charge in [0.25, 0.3) is 0 Å². The van der Waals surface area contributed by atoms with E-state index in [0.717, 1.165) is 38.5 Å². The van der Waals surface area contributed by atoms with Crippen LogP contribution in [0.25, 0.3) is 0 Å². The van der Waals surface area contributed by atoms with E-state index >= 15 is 0 Å². The highest BCUT2D eigenvalue weighted by Crippen LogP contribution is 2.28. The van der Waals surface area contributed by atoms with Gasteiger partial charge in [0.15, 0.2) is 5.41 Å². The third-order valence-electron chi connectivity index (χ3n) is 9.21. The summed E-state index contributed by atoms with van der Waals surface area (Å²) >= 11 is 0. The molecule has 0 amide bonds. The Morgan fingerprint density at radius 3 is 1.22 bits per heavy atom. The SMILES string of the molecule is CCCCC/C=C\C/C=C\CCCCCCCCOCCC(C#N)(CCOCCCCCCCC/C=C\C/C=C\CCCCC)C(=O)OCC. The largest absolute Gasteiger partial charge is 0.465 e. The summed E-state index contributed by atoms with van der Waals surface area (Å²) in [4.78, 5) is 12.8. The van der Waals surface area contributed by atoms with Crippen molar-refractivity contribution < 1.29 is 19.0 Å². The smallest absolute Gasteiger partial charge is 0.326 e. The van der Waals surface area contributed by atoms with Crippen molar-refractivity contribution in [3.63, 3.8) is 0 Å². The molecule has 0 aromatic rings. The molecule has 0 N–H and O–H groups in total. The minimum Gasteiger partial charge on any atom is -0.465 e. The van der Waals surface area contributed by atoms with E-state index in [1.807, 2.05) is 0 Å². The van der Waals surface area contributed by atoms with Gasteiger partial charge in [-0.15, -0.1) is 0 Å². The first-order valence-electron chi connectivity index (χ1n) is 21.0. The van der Waals surface area contributed by atoms with Gasteiger partial charge in [0.05, 0.1) is 12.7 Å². The summed E-state index contributed by atoms with van der Waals surface area (Å²) in [5, 5.41) is 10.0. The summed E-state index contributed by atoms with van der Waals surface area (Å²) in [6.45, 7) is 8.66. The average molecular weight is 698 g/mol. The van der Waals surface area contributed by atoms with Gasteiger partial charge in [0, 0.05) is 39.3 Å². The van der Waals surface area contributed by atoms with Crippen LogP contribution in [0.2, 0.25) is 0 Å². The number of ether oxygens (including phenoxy) is 3. The molecule has 0 radical (unpaired) electrons. The average Bonchev–Trinajstić information content (AvgIpc) is 3.12. The van der Waals surface area contributed by atoms with Crippen molar-refractivity contribution in [3.8, 4) is 6.07 Å². The van der Waals surface area contributed by atoms with Crippen molar-refractivity contribution in [2.45, 2.75) is 188 Å². The van der Waals surface area contributed by atoms with Gasteiger partial charge in [0.1, 0.15) is 0 Å². The predicted octanol–water partition coefficient (Wildman–Crippen LogP) is 13.5. The van der Waals surface area contributed by atoms with Crippen molar-refractivity contribution in [2.24, 2.45) is 5.41 Å². The number of carbonyl (C=O) groups is 1. The maximum Gasteiger partial charge on any atom is 0.326 e. The van der Waals surface area contributed by atoms with Crippen molar-refractivity contribution >= 4 is 5.97 Å². The number of nitriles is 1. The van der Waals surface area contributed by atoms with Gasteiger partial charge in [-0.25, -0.2) is 0 Å². The number of nitrogens with zero attached hydrogens (tertiary/aromatic N) is 1. The molecule has 0 atom stereocenters. The summed E-state index contributed by atoms with van der Waals surface area (Å²) in [5.74, 6) is -0.447. The van der Waals surface area contributed by atoms with Gasteiger partial charge < -0.3 is 14.2 Å². The Labute approximate surface area is 310 Å². The monoisotopic (exact) mass is 698 g/mol. The second-order valence-electron chi connectivity index (χ2n) is 13.8. The minimum absolute atomic E-state index is 0.267. The Morgan fingerprint density at radius 1 is 0.500 bits per heavy atom. The van der Waals surface area contributed by atoms with E-state index in [1.165, 1.54) is 116 Å². The number of hydrogen-bond donors (Lipinski definition) is 0. The van der Waals surface area contributed by atoms with Gasteiger partial charge >= 0.3 is 5.97 Å². The summed E-state index contributed by atoms with van der Waals surface area (Å²) in [6, 6.07) is 2.27. The molecule has 288 valence electrons. The standard InChI is InChI=1S/C45H79NO4/c1-4-7-9-11-13-15-17-19-21-23-25-27-29-31-33-35-39-48-41-37-45(43-46,44(47)50-6-3)38-42-49-40-36-34-32-30-28-26-24-22-20-18-16-14-12-10-8-5-2/h13-16,19-22H,4-12,17-18,23-42H2,1-3H3/b15-13-,16-14-,21-19-,22-20-. The number of rotatable bonds is 38. The number of hydrogen-bond acceptors (Lipinski definition) is 5. The first-order valence-corrected chi connectivity index (χ1v) is 21.0. The number of allylic oxidation sites excluding steroid dienone is 8. The molecule has 0 aromatic carbocycles. The van der Waals surface area contributed by atoms with Crippen LogP contribution in [0.3, 0.4) is 0 Å². The molecule has 0 aliphatic rings. The van der Waals surface area contributed by atoms with Crippen molar-refractivity contribution in [2.75, 3.05) is 33.0 Å². The number of unbranched alkanes of at least 4 members (excludes halogenated alkanes) is 18. The maximum atomic E-state index is 12.8. The molecule has 0 saturated carbocycles. The van der Waals surface area contributed by atoms with Gasteiger partial charge in [-0.2, -0.15) is 5.26 Å².